The van der Waals surface area contributed by atoms with Crippen LogP contribution in [-0.2, 0) is 19.7 Å². The van der Waals surface area contributed by atoms with Crippen molar-refractivity contribution in [1.82, 2.24) is 8.61 Å². The lowest BCUT2D eigenvalue weighted by molar-refractivity contribution is -0.140. The molecule has 2 N–H and O–H groups in total. The molecule has 0 aromatic rings. The van der Waals surface area contributed by atoms with Crippen LogP contribution in [0, 0.1) is 0 Å². The molecule has 19 heavy (non-hydrogen) atoms. The fraction of sp³-hybridized carbons (Fsp3) is 0.900. The lowest BCUT2D eigenvalue weighted by Gasteiger charge is -2.27. The third-order valence-electron chi connectivity index (χ3n) is 3.14. The van der Waals surface area contributed by atoms with E-state index >= 15 is 0 Å². The van der Waals surface area contributed by atoms with Gasteiger partial charge in [-0.3, -0.25) is 4.79 Å². The summed E-state index contributed by atoms with van der Waals surface area (Å²) in [5, 5.41) is 0. The maximum absolute atomic E-state index is 12.2. The summed E-state index contributed by atoms with van der Waals surface area (Å²) < 4.78 is 31.6. The molecule has 0 radical (unpaired) electrons. The number of carbonyl (C=O) groups is 1. The van der Waals surface area contributed by atoms with Crippen molar-refractivity contribution in [3.05, 3.63) is 0 Å². The van der Waals surface area contributed by atoms with Gasteiger partial charge >= 0.3 is 5.97 Å². The SMILES string of the molecule is COC(=O)CCN(C)S(=O)(=O)N1CCCC1CN.Cl. The minimum atomic E-state index is -3.52. The molecule has 1 heterocycles. The van der Waals surface area contributed by atoms with Gasteiger partial charge in [0.2, 0.25) is 0 Å². The van der Waals surface area contributed by atoms with Crippen molar-refractivity contribution in [3.8, 4) is 0 Å². The molecular weight excluding hydrogens is 294 g/mol. The first-order valence-corrected chi connectivity index (χ1v) is 7.33. The van der Waals surface area contributed by atoms with Gasteiger partial charge in [0.1, 0.15) is 0 Å². The number of nitrogens with zero attached hydrogens (tertiary/aromatic N) is 2. The van der Waals surface area contributed by atoms with E-state index in [1.54, 1.807) is 0 Å². The zero-order valence-corrected chi connectivity index (χ0v) is 12.9. The molecule has 1 unspecified atom stereocenters. The molecule has 1 fully saturated rings. The zero-order chi connectivity index (χ0) is 13.8. The van der Waals surface area contributed by atoms with Crippen LogP contribution in [0.25, 0.3) is 0 Å². The van der Waals surface area contributed by atoms with E-state index in [1.165, 1.54) is 22.8 Å². The first-order valence-electron chi connectivity index (χ1n) is 5.93. The predicted octanol–water partition coefficient (Wildman–Crippen LogP) is -0.429. The van der Waals surface area contributed by atoms with Gasteiger partial charge in [-0.1, -0.05) is 0 Å². The van der Waals surface area contributed by atoms with E-state index in [4.69, 9.17) is 5.73 Å². The second kappa shape index (κ2) is 8.01. The van der Waals surface area contributed by atoms with Crippen LogP contribution in [0.4, 0.5) is 0 Å². The molecule has 9 heteroatoms. The minimum Gasteiger partial charge on any atom is -0.469 e. The molecular formula is C10H22ClN3O4S. The number of hydrogen-bond donors (Lipinski definition) is 1. The Morgan fingerprint density at radius 1 is 1.53 bits per heavy atom. The molecule has 1 aliphatic rings. The number of halogens is 1. The van der Waals surface area contributed by atoms with Crippen LogP contribution in [0.3, 0.4) is 0 Å². The van der Waals surface area contributed by atoms with Crippen molar-refractivity contribution in [3.63, 3.8) is 0 Å². The lowest BCUT2D eigenvalue weighted by Crippen LogP contribution is -2.47. The van der Waals surface area contributed by atoms with Crippen LogP contribution in [0.5, 0.6) is 0 Å². The van der Waals surface area contributed by atoms with E-state index in [0.29, 0.717) is 13.1 Å². The number of nitrogens with two attached hydrogens (primary N) is 1. The van der Waals surface area contributed by atoms with Crippen molar-refractivity contribution >= 4 is 28.6 Å². The highest BCUT2D eigenvalue weighted by atomic mass is 35.5. The molecule has 0 aromatic carbocycles. The van der Waals surface area contributed by atoms with Gasteiger partial charge in [0, 0.05) is 32.7 Å². The van der Waals surface area contributed by atoms with Crippen molar-refractivity contribution in [2.75, 3.05) is 33.8 Å². The lowest BCUT2D eigenvalue weighted by atomic mass is 10.2. The fourth-order valence-corrected chi connectivity index (χ4v) is 3.60. The number of hydrogen-bond acceptors (Lipinski definition) is 5. The second-order valence-electron chi connectivity index (χ2n) is 4.30. The Labute approximate surface area is 120 Å². The van der Waals surface area contributed by atoms with E-state index in [9.17, 15) is 13.2 Å². The maximum Gasteiger partial charge on any atom is 0.306 e. The zero-order valence-electron chi connectivity index (χ0n) is 11.2. The van der Waals surface area contributed by atoms with E-state index in [-0.39, 0.29) is 31.4 Å². The van der Waals surface area contributed by atoms with Gasteiger partial charge in [-0.15, -0.1) is 12.4 Å². The van der Waals surface area contributed by atoms with Crippen molar-refractivity contribution in [2.24, 2.45) is 5.73 Å². The van der Waals surface area contributed by atoms with Crippen molar-refractivity contribution in [1.29, 1.82) is 0 Å². The average molecular weight is 316 g/mol. The molecule has 0 amide bonds. The van der Waals surface area contributed by atoms with Crippen LogP contribution in [0.1, 0.15) is 19.3 Å². The van der Waals surface area contributed by atoms with E-state index in [1.807, 2.05) is 0 Å². The molecule has 1 rings (SSSR count). The summed E-state index contributed by atoms with van der Waals surface area (Å²) in [7, 11) is -0.783. The first kappa shape index (κ1) is 18.6. The van der Waals surface area contributed by atoms with Crippen LogP contribution in [0.2, 0.25) is 0 Å². The number of ether oxygens (including phenoxy) is 1. The monoisotopic (exact) mass is 315 g/mol. The van der Waals surface area contributed by atoms with Crippen LogP contribution >= 0.6 is 12.4 Å². The van der Waals surface area contributed by atoms with Crippen molar-refractivity contribution in [2.45, 2.75) is 25.3 Å². The number of rotatable bonds is 6. The number of carbonyl (C=O) groups excluding carboxylic acids is 1. The number of methoxy groups -OCH3 is 1. The summed E-state index contributed by atoms with van der Waals surface area (Å²) in [6.07, 6.45) is 1.67. The second-order valence-corrected chi connectivity index (χ2v) is 6.29. The molecule has 0 saturated carbocycles. The van der Waals surface area contributed by atoms with Gasteiger partial charge in [0.25, 0.3) is 10.2 Å². The Bertz CT molecular complexity index is 390. The summed E-state index contributed by atoms with van der Waals surface area (Å²) in [4.78, 5) is 11.0. The van der Waals surface area contributed by atoms with Gasteiger partial charge in [-0.2, -0.15) is 17.0 Å². The van der Waals surface area contributed by atoms with Crippen LogP contribution in [0.15, 0.2) is 0 Å². The maximum atomic E-state index is 12.2. The first-order chi connectivity index (χ1) is 8.43. The molecule has 0 aliphatic carbocycles. The van der Waals surface area contributed by atoms with Gasteiger partial charge in [0.05, 0.1) is 13.5 Å². The van der Waals surface area contributed by atoms with Gasteiger partial charge in [0.15, 0.2) is 0 Å². The molecule has 7 nitrogen and oxygen atoms in total. The largest absolute Gasteiger partial charge is 0.469 e. The van der Waals surface area contributed by atoms with Crippen LogP contribution in [-0.4, -0.2) is 62.8 Å². The minimum absolute atomic E-state index is 0. The van der Waals surface area contributed by atoms with E-state index < -0.39 is 16.2 Å². The quantitative estimate of drug-likeness (QED) is 0.671. The summed E-state index contributed by atoms with van der Waals surface area (Å²) in [5.74, 6) is -0.422. The molecule has 0 spiro atoms. The third kappa shape index (κ3) is 4.57. The Kier molecular flexibility index (Phi) is 7.83. The summed E-state index contributed by atoms with van der Waals surface area (Å²) in [6.45, 7) is 0.930. The molecule has 1 atom stereocenters. The van der Waals surface area contributed by atoms with Gasteiger partial charge in [-0.05, 0) is 12.8 Å². The topological polar surface area (TPSA) is 92.9 Å². The summed E-state index contributed by atoms with van der Waals surface area (Å²) in [5.41, 5.74) is 5.57. The molecule has 0 aromatic heterocycles. The van der Waals surface area contributed by atoms with Gasteiger partial charge in [-0.25, -0.2) is 0 Å². The normalized spacial score (nSPS) is 20.3. The van der Waals surface area contributed by atoms with Gasteiger partial charge < -0.3 is 10.5 Å². The highest BCUT2D eigenvalue weighted by Gasteiger charge is 2.35. The Morgan fingerprint density at radius 3 is 2.68 bits per heavy atom. The molecule has 1 aliphatic heterocycles. The summed E-state index contributed by atoms with van der Waals surface area (Å²) in [6, 6.07) is -0.129. The Morgan fingerprint density at radius 2 is 2.16 bits per heavy atom. The fourth-order valence-electron chi connectivity index (χ4n) is 1.99. The number of esters is 1. The van der Waals surface area contributed by atoms with Crippen LogP contribution < -0.4 is 5.73 Å². The smallest absolute Gasteiger partial charge is 0.306 e. The molecule has 114 valence electrons. The highest BCUT2D eigenvalue weighted by molar-refractivity contribution is 7.86. The molecule has 1 saturated heterocycles. The summed E-state index contributed by atoms with van der Waals surface area (Å²) >= 11 is 0. The Balaban J connectivity index is 0.00000324. The molecule has 0 bridgehead atoms. The Hall–Kier alpha value is -0.410. The van der Waals surface area contributed by atoms with E-state index in [0.717, 1.165) is 12.8 Å². The highest BCUT2D eigenvalue weighted by Crippen LogP contribution is 2.21. The van der Waals surface area contributed by atoms with Crippen molar-refractivity contribution < 1.29 is 17.9 Å². The average Bonchev–Trinajstić information content (AvgIpc) is 2.84. The standard InChI is InChI=1S/C10H21N3O4S.ClH/c1-12(7-5-10(14)17-2)18(15,16)13-6-3-4-9(13)8-11;/h9H,3-8,11H2,1-2H3;1H. The third-order valence-corrected chi connectivity index (χ3v) is 5.19. The van der Waals surface area contributed by atoms with E-state index in [2.05, 4.69) is 4.74 Å². The predicted molar refractivity (Wildman–Crippen MR) is 74.2 cm³/mol.